The summed E-state index contributed by atoms with van der Waals surface area (Å²) < 4.78 is 5.86. The number of esters is 1. The fraction of sp³-hybridized carbons (Fsp3) is 0.825. The lowest BCUT2D eigenvalue weighted by atomic mass is 10.0. The van der Waals surface area contributed by atoms with Crippen molar-refractivity contribution in [1.82, 2.24) is 5.32 Å². The molecular weight excluding hydrogens is 574 g/mol. The summed E-state index contributed by atoms with van der Waals surface area (Å²) in [5.41, 5.74) is 0. The van der Waals surface area contributed by atoms with E-state index in [1.54, 1.807) is 0 Å². The Balaban J connectivity index is 4.00. The van der Waals surface area contributed by atoms with Crippen LogP contribution in [0.3, 0.4) is 0 Å². The summed E-state index contributed by atoms with van der Waals surface area (Å²) in [6.45, 7) is 4.15. The number of carbonyl (C=O) groups excluding carboxylic acids is 2. The molecule has 0 aromatic carbocycles. The zero-order valence-corrected chi connectivity index (χ0v) is 30.2. The van der Waals surface area contributed by atoms with Gasteiger partial charge in [0.1, 0.15) is 12.6 Å². The van der Waals surface area contributed by atoms with Gasteiger partial charge in [0.15, 0.2) is 0 Å². The van der Waals surface area contributed by atoms with Crippen molar-refractivity contribution in [1.29, 1.82) is 0 Å². The normalized spacial score (nSPS) is 12.2. The Morgan fingerprint density at radius 1 is 0.587 bits per heavy atom. The van der Waals surface area contributed by atoms with Gasteiger partial charge < -0.3 is 15.2 Å². The Labute approximate surface area is 284 Å². The zero-order valence-electron chi connectivity index (χ0n) is 30.2. The molecule has 6 heteroatoms. The number of rotatable bonds is 35. The second kappa shape index (κ2) is 35.7. The van der Waals surface area contributed by atoms with Gasteiger partial charge >= 0.3 is 11.9 Å². The molecule has 0 radical (unpaired) electrons. The number of carbonyl (C=O) groups is 3. The molecule has 0 bridgehead atoms. The molecule has 0 saturated carbocycles. The zero-order chi connectivity index (χ0) is 33.8. The lowest BCUT2D eigenvalue weighted by molar-refractivity contribution is -0.147. The molecule has 268 valence electrons. The second-order valence-corrected chi connectivity index (χ2v) is 13.2. The average molecular weight is 648 g/mol. The first-order valence-corrected chi connectivity index (χ1v) is 19.5. The molecule has 0 rings (SSSR count). The first kappa shape index (κ1) is 43.9. The fourth-order valence-corrected chi connectivity index (χ4v) is 5.69. The maximum Gasteiger partial charge on any atom is 0.322 e. The van der Waals surface area contributed by atoms with Crippen molar-refractivity contribution in [2.45, 2.75) is 206 Å². The molecule has 0 aliphatic rings. The van der Waals surface area contributed by atoms with Gasteiger partial charge in [-0.1, -0.05) is 167 Å². The molecule has 0 heterocycles. The summed E-state index contributed by atoms with van der Waals surface area (Å²) in [5.74, 6) is -1.35. The van der Waals surface area contributed by atoms with Crippen LogP contribution in [-0.2, 0) is 19.1 Å². The number of hydrogen-bond donors (Lipinski definition) is 2. The van der Waals surface area contributed by atoms with Gasteiger partial charge in [0, 0.05) is 12.8 Å². The second-order valence-electron chi connectivity index (χ2n) is 13.2. The molecule has 1 unspecified atom stereocenters. The minimum absolute atomic E-state index is 0.0975. The molecule has 0 aromatic rings. The Morgan fingerprint density at radius 2 is 1.07 bits per heavy atom. The summed E-state index contributed by atoms with van der Waals surface area (Å²) in [5, 5.41) is 11.0. The molecule has 2 N–H and O–H groups in total. The highest BCUT2D eigenvalue weighted by molar-refractivity contribution is 5.80. The molecule has 0 fully saturated rings. The molecule has 6 nitrogen and oxygen atoms in total. The standard InChI is InChI=1S/C40H73NO5/c1-3-5-7-9-11-12-13-14-15-16-17-18-19-20-21-23-25-31-35-40(45)46-37(32-28-24-22-10-8-6-4-2)33-29-26-27-30-34-38(42)41-36-39(43)44/h10,22,28,32,37H,3-9,11-21,23-27,29-31,33-36H2,1-2H3,(H,41,42)(H,43,44)/b22-10-,32-28-. The van der Waals surface area contributed by atoms with Crippen LogP contribution in [0.5, 0.6) is 0 Å². The van der Waals surface area contributed by atoms with E-state index in [0.29, 0.717) is 12.8 Å². The summed E-state index contributed by atoms with van der Waals surface area (Å²) in [7, 11) is 0. The summed E-state index contributed by atoms with van der Waals surface area (Å²) >= 11 is 0. The molecule has 1 atom stereocenters. The maximum atomic E-state index is 12.6. The number of aliphatic carboxylic acids is 1. The van der Waals surface area contributed by atoms with Crippen LogP contribution in [0.25, 0.3) is 0 Å². The number of hydrogen-bond acceptors (Lipinski definition) is 4. The average Bonchev–Trinajstić information content (AvgIpc) is 3.04. The van der Waals surface area contributed by atoms with Crippen molar-refractivity contribution >= 4 is 17.8 Å². The minimum Gasteiger partial charge on any atom is -0.480 e. The van der Waals surface area contributed by atoms with Gasteiger partial charge in [-0.05, 0) is 44.6 Å². The lowest BCUT2D eigenvalue weighted by Crippen LogP contribution is -2.28. The lowest BCUT2D eigenvalue weighted by Gasteiger charge is -2.14. The predicted molar refractivity (Wildman–Crippen MR) is 194 cm³/mol. The van der Waals surface area contributed by atoms with E-state index in [2.05, 4.69) is 37.4 Å². The van der Waals surface area contributed by atoms with E-state index in [-0.39, 0.29) is 24.5 Å². The van der Waals surface area contributed by atoms with Crippen molar-refractivity contribution in [3.05, 3.63) is 24.3 Å². The van der Waals surface area contributed by atoms with E-state index in [1.165, 1.54) is 116 Å². The predicted octanol–water partition coefficient (Wildman–Crippen LogP) is 11.6. The summed E-state index contributed by atoms with van der Waals surface area (Å²) in [6.07, 6.45) is 41.8. The van der Waals surface area contributed by atoms with Gasteiger partial charge in [0.25, 0.3) is 0 Å². The highest BCUT2D eigenvalue weighted by Gasteiger charge is 2.12. The monoisotopic (exact) mass is 648 g/mol. The Bertz CT molecular complexity index is 763. The number of carboxylic acid groups (broad SMARTS) is 1. The molecule has 0 aromatic heterocycles. The maximum absolute atomic E-state index is 12.6. The van der Waals surface area contributed by atoms with Gasteiger partial charge in [0.2, 0.25) is 5.91 Å². The first-order valence-electron chi connectivity index (χ1n) is 19.5. The van der Waals surface area contributed by atoms with Gasteiger partial charge in [-0.2, -0.15) is 0 Å². The third-order valence-electron chi connectivity index (χ3n) is 8.61. The number of unbranched alkanes of at least 4 members (excludes halogenated alkanes) is 22. The highest BCUT2D eigenvalue weighted by Crippen LogP contribution is 2.16. The molecule has 46 heavy (non-hydrogen) atoms. The van der Waals surface area contributed by atoms with Crippen LogP contribution in [-0.4, -0.2) is 35.6 Å². The van der Waals surface area contributed by atoms with Crippen molar-refractivity contribution in [3.8, 4) is 0 Å². The Morgan fingerprint density at radius 3 is 1.59 bits per heavy atom. The minimum atomic E-state index is -1.03. The van der Waals surface area contributed by atoms with Crippen LogP contribution in [0.2, 0.25) is 0 Å². The van der Waals surface area contributed by atoms with Crippen LogP contribution in [0.1, 0.15) is 200 Å². The number of nitrogens with one attached hydrogen (secondary N) is 1. The summed E-state index contributed by atoms with van der Waals surface area (Å²) in [6, 6.07) is 0. The van der Waals surface area contributed by atoms with Gasteiger partial charge in [0.05, 0.1) is 0 Å². The number of allylic oxidation sites excluding steroid dienone is 3. The van der Waals surface area contributed by atoms with Crippen molar-refractivity contribution in [2.24, 2.45) is 0 Å². The quantitative estimate of drug-likeness (QED) is 0.0405. The first-order chi connectivity index (χ1) is 22.5. The van der Waals surface area contributed by atoms with E-state index >= 15 is 0 Å². The molecule has 0 spiro atoms. The third kappa shape index (κ3) is 34.8. The molecule has 1 amide bonds. The molecular formula is C40H73NO5. The number of carboxylic acids is 1. The van der Waals surface area contributed by atoms with Gasteiger partial charge in [-0.25, -0.2) is 0 Å². The Hall–Kier alpha value is -2.11. The van der Waals surface area contributed by atoms with Crippen LogP contribution >= 0.6 is 0 Å². The molecule has 0 saturated heterocycles. The summed E-state index contributed by atoms with van der Waals surface area (Å²) in [4.78, 5) is 34.8. The van der Waals surface area contributed by atoms with Gasteiger partial charge in [-0.15, -0.1) is 0 Å². The van der Waals surface area contributed by atoms with Crippen LogP contribution in [0.15, 0.2) is 24.3 Å². The largest absolute Gasteiger partial charge is 0.480 e. The van der Waals surface area contributed by atoms with Crippen LogP contribution in [0.4, 0.5) is 0 Å². The van der Waals surface area contributed by atoms with Crippen molar-refractivity contribution < 1.29 is 24.2 Å². The van der Waals surface area contributed by atoms with Crippen molar-refractivity contribution in [3.63, 3.8) is 0 Å². The molecule has 0 aliphatic heterocycles. The van der Waals surface area contributed by atoms with E-state index in [9.17, 15) is 14.4 Å². The van der Waals surface area contributed by atoms with E-state index < -0.39 is 5.97 Å². The highest BCUT2D eigenvalue weighted by atomic mass is 16.5. The third-order valence-corrected chi connectivity index (χ3v) is 8.61. The number of ether oxygens (including phenoxy) is 1. The SMILES string of the molecule is CCCC/C=C\C/C=C\C(CCCCCCC(=O)NCC(=O)O)OC(=O)CCCCCCCCCCCCCCCCCCCC. The van der Waals surface area contributed by atoms with E-state index in [4.69, 9.17) is 9.84 Å². The van der Waals surface area contributed by atoms with Crippen LogP contribution in [0, 0.1) is 0 Å². The van der Waals surface area contributed by atoms with Crippen molar-refractivity contribution in [2.75, 3.05) is 6.54 Å². The number of amides is 1. The molecule has 0 aliphatic carbocycles. The van der Waals surface area contributed by atoms with E-state index in [1.807, 2.05) is 6.08 Å². The smallest absolute Gasteiger partial charge is 0.322 e. The fourth-order valence-electron chi connectivity index (χ4n) is 5.69. The van der Waals surface area contributed by atoms with Crippen LogP contribution < -0.4 is 5.32 Å². The topological polar surface area (TPSA) is 92.7 Å². The van der Waals surface area contributed by atoms with Gasteiger partial charge in [-0.3, -0.25) is 14.4 Å². The van der Waals surface area contributed by atoms with E-state index in [0.717, 1.165) is 57.8 Å². The Kier molecular flexibility index (Phi) is 34.1.